The average molecular weight is 425 g/mol. The van der Waals surface area contributed by atoms with Gasteiger partial charge >= 0.3 is 0 Å². The van der Waals surface area contributed by atoms with E-state index in [2.05, 4.69) is 37.3 Å². The summed E-state index contributed by atoms with van der Waals surface area (Å²) in [7, 11) is 0. The van der Waals surface area contributed by atoms with Gasteiger partial charge in [0.25, 0.3) is 0 Å². The first kappa shape index (κ1) is 25.7. The molecule has 0 radical (unpaired) electrons. The van der Waals surface area contributed by atoms with E-state index in [4.69, 9.17) is 15.3 Å². The standard InChI is InChI=1S/C28H44N2O/c1-2-9-24(12-8-21-31-28-19-17-27(23-30)18-20-28)10-6-4-3-5-7-11-25-13-15-26(22-29)16-14-25/h13,15,17,19,24-28H,2-12,14,16,18,20-21H2,1H3. The van der Waals surface area contributed by atoms with Crippen LogP contribution in [0.5, 0.6) is 0 Å². The Hall–Kier alpha value is -1.58. The van der Waals surface area contributed by atoms with Crippen molar-refractivity contribution in [3.63, 3.8) is 0 Å². The number of rotatable bonds is 15. The van der Waals surface area contributed by atoms with Crippen molar-refractivity contribution in [2.24, 2.45) is 23.7 Å². The molecule has 0 heterocycles. The van der Waals surface area contributed by atoms with Gasteiger partial charge in [0.1, 0.15) is 0 Å². The predicted octanol–water partition coefficient (Wildman–Crippen LogP) is 7.89. The highest BCUT2D eigenvalue weighted by Crippen LogP contribution is 2.27. The minimum Gasteiger partial charge on any atom is -0.374 e. The van der Waals surface area contributed by atoms with Crippen LogP contribution in [-0.2, 0) is 4.74 Å². The van der Waals surface area contributed by atoms with Gasteiger partial charge in [-0.1, -0.05) is 82.6 Å². The molecule has 0 spiro atoms. The monoisotopic (exact) mass is 424 g/mol. The summed E-state index contributed by atoms with van der Waals surface area (Å²) in [6.07, 6.45) is 27.6. The van der Waals surface area contributed by atoms with Gasteiger partial charge in [0.05, 0.1) is 30.1 Å². The molecule has 0 aromatic heterocycles. The van der Waals surface area contributed by atoms with E-state index in [9.17, 15) is 0 Å². The lowest BCUT2D eigenvalue weighted by Crippen LogP contribution is -2.17. The summed E-state index contributed by atoms with van der Waals surface area (Å²) >= 11 is 0. The van der Waals surface area contributed by atoms with Gasteiger partial charge in [-0.3, -0.25) is 0 Å². The van der Waals surface area contributed by atoms with Gasteiger partial charge in [0.2, 0.25) is 0 Å². The van der Waals surface area contributed by atoms with Crippen LogP contribution in [0.4, 0.5) is 0 Å². The molecule has 0 aromatic rings. The van der Waals surface area contributed by atoms with Crippen LogP contribution >= 0.6 is 0 Å². The van der Waals surface area contributed by atoms with Crippen molar-refractivity contribution < 1.29 is 4.74 Å². The summed E-state index contributed by atoms with van der Waals surface area (Å²) in [4.78, 5) is 0. The third-order valence-electron chi connectivity index (χ3n) is 7.09. The first-order valence-electron chi connectivity index (χ1n) is 13.0. The molecule has 0 saturated heterocycles. The van der Waals surface area contributed by atoms with Crippen LogP contribution in [-0.4, -0.2) is 12.7 Å². The van der Waals surface area contributed by atoms with E-state index in [-0.39, 0.29) is 17.9 Å². The summed E-state index contributed by atoms with van der Waals surface area (Å²) in [5.74, 6) is 1.84. The van der Waals surface area contributed by atoms with Crippen LogP contribution in [0.25, 0.3) is 0 Å². The molecule has 0 saturated carbocycles. The lowest BCUT2D eigenvalue weighted by Gasteiger charge is -2.21. The maximum Gasteiger partial charge on any atom is 0.0756 e. The Morgan fingerprint density at radius 3 is 2.10 bits per heavy atom. The average Bonchev–Trinajstić information content (AvgIpc) is 2.81. The van der Waals surface area contributed by atoms with E-state index in [1.807, 2.05) is 6.08 Å². The molecular weight excluding hydrogens is 380 g/mol. The van der Waals surface area contributed by atoms with Crippen molar-refractivity contribution in [2.75, 3.05) is 6.61 Å². The van der Waals surface area contributed by atoms with Gasteiger partial charge in [0, 0.05) is 6.61 Å². The van der Waals surface area contributed by atoms with Crippen molar-refractivity contribution in [1.82, 2.24) is 0 Å². The molecule has 2 aliphatic carbocycles. The third-order valence-corrected chi connectivity index (χ3v) is 7.09. The Morgan fingerprint density at radius 2 is 1.45 bits per heavy atom. The summed E-state index contributed by atoms with van der Waals surface area (Å²) in [6.45, 7) is 3.16. The summed E-state index contributed by atoms with van der Waals surface area (Å²) in [5, 5.41) is 17.9. The molecule has 5 atom stereocenters. The van der Waals surface area contributed by atoms with Gasteiger partial charge in [-0.2, -0.15) is 10.5 Å². The number of ether oxygens (including phenoxy) is 1. The number of hydrogen-bond donors (Lipinski definition) is 0. The summed E-state index contributed by atoms with van der Waals surface area (Å²) in [5.41, 5.74) is 0. The van der Waals surface area contributed by atoms with Crippen molar-refractivity contribution in [1.29, 1.82) is 10.5 Å². The number of allylic oxidation sites excluding steroid dienone is 3. The predicted molar refractivity (Wildman–Crippen MR) is 128 cm³/mol. The molecule has 0 bridgehead atoms. The highest BCUT2D eigenvalue weighted by atomic mass is 16.5. The normalized spacial score (nSPS) is 26.3. The molecule has 31 heavy (non-hydrogen) atoms. The van der Waals surface area contributed by atoms with Crippen LogP contribution in [0.3, 0.4) is 0 Å². The molecule has 0 fully saturated rings. The van der Waals surface area contributed by atoms with Gasteiger partial charge in [-0.05, 0) is 56.8 Å². The van der Waals surface area contributed by atoms with Crippen LogP contribution in [0.2, 0.25) is 0 Å². The van der Waals surface area contributed by atoms with Crippen molar-refractivity contribution in [3.8, 4) is 12.1 Å². The highest BCUT2D eigenvalue weighted by molar-refractivity contribution is 5.07. The molecule has 0 aromatic carbocycles. The topological polar surface area (TPSA) is 56.8 Å². The van der Waals surface area contributed by atoms with Crippen LogP contribution in [0.1, 0.15) is 103 Å². The Bertz CT molecular complexity index is 611. The Balaban J connectivity index is 1.46. The lowest BCUT2D eigenvalue weighted by molar-refractivity contribution is 0.0678. The van der Waals surface area contributed by atoms with Gasteiger partial charge < -0.3 is 4.74 Å². The second-order valence-corrected chi connectivity index (χ2v) is 9.71. The Labute approximate surface area is 191 Å². The molecule has 0 N–H and O–H groups in total. The molecule has 172 valence electrons. The first-order chi connectivity index (χ1) is 15.2. The molecule has 0 aliphatic heterocycles. The zero-order chi connectivity index (χ0) is 22.2. The van der Waals surface area contributed by atoms with E-state index in [0.717, 1.165) is 44.1 Å². The largest absolute Gasteiger partial charge is 0.374 e. The molecule has 5 unspecified atom stereocenters. The first-order valence-corrected chi connectivity index (χ1v) is 13.0. The summed E-state index contributed by atoms with van der Waals surface area (Å²) in [6, 6.07) is 4.68. The summed E-state index contributed by atoms with van der Waals surface area (Å²) < 4.78 is 6.02. The maximum atomic E-state index is 8.96. The van der Waals surface area contributed by atoms with Crippen molar-refractivity contribution in [2.45, 2.75) is 109 Å². The Kier molecular flexibility index (Phi) is 13.3. The maximum absolute atomic E-state index is 8.96. The quantitative estimate of drug-likeness (QED) is 0.198. The van der Waals surface area contributed by atoms with E-state index in [1.54, 1.807) is 0 Å². The zero-order valence-corrected chi connectivity index (χ0v) is 19.8. The second-order valence-electron chi connectivity index (χ2n) is 9.71. The fraction of sp³-hybridized carbons (Fsp3) is 0.786. The lowest BCUT2D eigenvalue weighted by atomic mass is 9.86. The molecular formula is C28H44N2O. The number of hydrogen-bond acceptors (Lipinski definition) is 3. The van der Waals surface area contributed by atoms with Crippen LogP contribution in [0, 0.1) is 46.3 Å². The minimum absolute atomic E-state index is 0.0926. The number of nitrogens with zero attached hydrogens (tertiary/aromatic N) is 2. The second kappa shape index (κ2) is 16.1. The van der Waals surface area contributed by atoms with Crippen LogP contribution < -0.4 is 0 Å². The van der Waals surface area contributed by atoms with E-state index in [0.29, 0.717) is 0 Å². The molecule has 3 nitrogen and oxygen atoms in total. The van der Waals surface area contributed by atoms with E-state index < -0.39 is 0 Å². The van der Waals surface area contributed by atoms with E-state index >= 15 is 0 Å². The number of unbranched alkanes of at least 4 members (excludes halogenated alkanes) is 4. The van der Waals surface area contributed by atoms with Gasteiger partial charge in [-0.15, -0.1) is 0 Å². The molecule has 3 heteroatoms. The van der Waals surface area contributed by atoms with Gasteiger partial charge in [-0.25, -0.2) is 0 Å². The fourth-order valence-electron chi connectivity index (χ4n) is 5.08. The highest BCUT2D eigenvalue weighted by Gasteiger charge is 2.16. The smallest absolute Gasteiger partial charge is 0.0756 e. The number of nitriles is 2. The van der Waals surface area contributed by atoms with Gasteiger partial charge in [0.15, 0.2) is 0 Å². The zero-order valence-electron chi connectivity index (χ0n) is 19.8. The minimum atomic E-state index is 0.0926. The SMILES string of the molecule is CCCC(CCCCCCCC1C=CC(C#N)CC1)CCCOC1C=CC(C#N)CC1. The molecule has 0 amide bonds. The van der Waals surface area contributed by atoms with Crippen molar-refractivity contribution >= 4 is 0 Å². The van der Waals surface area contributed by atoms with Crippen molar-refractivity contribution in [3.05, 3.63) is 24.3 Å². The van der Waals surface area contributed by atoms with Crippen LogP contribution in [0.15, 0.2) is 24.3 Å². The molecule has 2 rings (SSSR count). The molecule has 2 aliphatic rings. The van der Waals surface area contributed by atoms with E-state index in [1.165, 1.54) is 70.6 Å². The Morgan fingerprint density at radius 1 is 0.774 bits per heavy atom. The third kappa shape index (κ3) is 11.0. The fourth-order valence-corrected chi connectivity index (χ4v) is 5.08.